The quantitative estimate of drug-likeness (QED) is 0.850. The largest absolute Gasteiger partial charge is 0.392 e. The van der Waals surface area contributed by atoms with Crippen LogP contribution in [0.5, 0.6) is 0 Å². The fourth-order valence-electron chi connectivity index (χ4n) is 2.50. The first-order chi connectivity index (χ1) is 10.1. The SMILES string of the molecule is CCC(O)CN(Cc1ccccc1)Cc1cn(C)nc1C. The molecule has 0 spiro atoms. The number of aliphatic hydroxyl groups excluding tert-OH is 1. The van der Waals surface area contributed by atoms with E-state index < -0.39 is 0 Å². The maximum Gasteiger partial charge on any atom is 0.0664 e. The maximum atomic E-state index is 10.00. The van der Waals surface area contributed by atoms with Crippen LogP contribution in [0.15, 0.2) is 36.5 Å². The molecule has 2 rings (SSSR count). The van der Waals surface area contributed by atoms with E-state index >= 15 is 0 Å². The predicted molar refractivity (Wildman–Crippen MR) is 84.8 cm³/mol. The molecule has 0 amide bonds. The molecular formula is C17H25N3O. The fourth-order valence-corrected chi connectivity index (χ4v) is 2.50. The minimum atomic E-state index is -0.286. The van der Waals surface area contributed by atoms with Crippen LogP contribution in [0.1, 0.15) is 30.2 Å². The van der Waals surface area contributed by atoms with Gasteiger partial charge in [0.05, 0.1) is 11.8 Å². The molecule has 1 aromatic carbocycles. The van der Waals surface area contributed by atoms with E-state index in [2.05, 4.69) is 40.5 Å². The molecule has 0 bridgehead atoms. The molecule has 1 N–H and O–H groups in total. The number of aliphatic hydroxyl groups is 1. The summed E-state index contributed by atoms with van der Waals surface area (Å²) < 4.78 is 1.85. The Hall–Kier alpha value is -1.65. The number of aromatic nitrogens is 2. The Morgan fingerprint density at radius 3 is 2.52 bits per heavy atom. The van der Waals surface area contributed by atoms with Crippen molar-refractivity contribution < 1.29 is 5.11 Å². The third-order valence-corrected chi connectivity index (χ3v) is 3.70. The lowest BCUT2D eigenvalue weighted by Crippen LogP contribution is -2.31. The van der Waals surface area contributed by atoms with E-state index in [1.54, 1.807) is 0 Å². The smallest absolute Gasteiger partial charge is 0.0664 e. The van der Waals surface area contributed by atoms with E-state index in [4.69, 9.17) is 0 Å². The van der Waals surface area contributed by atoms with Crippen LogP contribution >= 0.6 is 0 Å². The first kappa shape index (κ1) is 15.7. The third-order valence-electron chi connectivity index (χ3n) is 3.70. The first-order valence-corrected chi connectivity index (χ1v) is 7.52. The summed E-state index contributed by atoms with van der Waals surface area (Å²) in [5.74, 6) is 0. The second-order valence-electron chi connectivity index (χ2n) is 5.63. The molecule has 4 nitrogen and oxygen atoms in total. The van der Waals surface area contributed by atoms with Crippen LogP contribution in [-0.2, 0) is 20.1 Å². The minimum Gasteiger partial charge on any atom is -0.392 e. The van der Waals surface area contributed by atoms with Crippen LogP contribution in [0.4, 0.5) is 0 Å². The van der Waals surface area contributed by atoms with Gasteiger partial charge in [-0.2, -0.15) is 5.10 Å². The van der Waals surface area contributed by atoms with Crippen LogP contribution in [0, 0.1) is 6.92 Å². The zero-order valence-corrected chi connectivity index (χ0v) is 13.2. The van der Waals surface area contributed by atoms with Gasteiger partial charge in [-0.05, 0) is 18.9 Å². The highest BCUT2D eigenvalue weighted by atomic mass is 16.3. The molecule has 1 heterocycles. The molecule has 1 aromatic heterocycles. The van der Waals surface area contributed by atoms with E-state index in [1.807, 2.05) is 31.6 Å². The molecule has 1 unspecified atom stereocenters. The summed E-state index contributed by atoms with van der Waals surface area (Å²) in [5.41, 5.74) is 3.54. The average molecular weight is 287 g/mol. The van der Waals surface area contributed by atoms with Gasteiger partial charge in [-0.1, -0.05) is 37.3 Å². The van der Waals surface area contributed by atoms with Crippen molar-refractivity contribution >= 4 is 0 Å². The van der Waals surface area contributed by atoms with Crippen LogP contribution in [0.2, 0.25) is 0 Å². The highest BCUT2D eigenvalue weighted by molar-refractivity contribution is 5.17. The first-order valence-electron chi connectivity index (χ1n) is 7.52. The number of hydrogen-bond acceptors (Lipinski definition) is 3. The number of benzene rings is 1. The van der Waals surface area contributed by atoms with E-state index in [0.717, 1.165) is 25.2 Å². The van der Waals surface area contributed by atoms with Crippen molar-refractivity contribution in [1.29, 1.82) is 0 Å². The van der Waals surface area contributed by atoms with Gasteiger partial charge in [0.15, 0.2) is 0 Å². The molecule has 0 radical (unpaired) electrons. The molecule has 0 aliphatic carbocycles. The Balaban J connectivity index is 2.10. The summed E-state index contributed by atoms with van der Waals surface area (Å²) in [4.78, 5) is 2.29. The standard InChI is InChI=1S/C17H25N3O/c1-4-17(21)13-20(10-15-8-6-5-7-9-15)12-16-11-19(3)18-14(16)2/h5-9,11,17,21H,4,10,12-13H2,1-3H3. The maximum absolute atomic E-state index is 10.00. The Bertz CT molecular complexity index is 550. The van der Waals surface area contributed by atoms with E-state index in [1.165, 1.54) is 11.1 Å². The molecule has 0 saturated heterocycles. The van der Waals surface area contributed by atoms with Gasteiger partial charge in [0.2, 0.25) is 0 Å². The number of rotatable bonds is 7. The van der Waals surface area contributed by atoms with Crippen LogP contribution in [-0.4, -0.2) is 32.4 Å². The van der Waals surface area contributed by atoms with Gasteiger partial charge in [0.25, 0.3) is 0 Å². The number of aryl methyl sites for hydroxylation is 2. The molecule has 0 fully saturated rings. The summed E-state index contributed by atoms with van der Waals surface area (Å²) in [5, 5.41) is 14.4. The lowest BCUT2D eigenvalue weighted by molar-refractivity contribution is 0.101. The Morgan fingerprint density at radius 2 is 1.95 bits per heavy atom. The minimum absolute atomic E-state index is 0.286. The van der Waals surface area contributed by atoms with Crippen molar-refractivity contribution in [2.45, 2.75) is 39.5 Å². The highest BCUT2D eigenvalue weighted by Crippen LogP contribution is 2.13. The predicted octanol–water partition coefficient (Wildman–Crippen LogP) is 2.50. The highest BCUT2D eigenvalue weighted by Gasteiger charge is 2.14. The average Bonchev–Trinajstić information content (AvgIpc) is 2.77. The monoisotopic (exact) mass is 287 g/mol. The van der Waals surface area contributed by atoms with Gasteiger partial charge in [-0.3, -0.25) is 9.58 Å². The van der Waals surface area contributed by atoms with Gasteiger partial charge in [0.1, 0.15) is 0 Å². The summed E-state index contributed by atoms with van der Waals surface area (Å²) in [6.07, 6.45) is 2.55. The zero-order chi connectivity index (χ0) is 15.2. The molecule has 2 aromatic rings. The van der Waals surface area contributed by atoms with Gasteiger partial charge < -0.3 is 5.11 Å². The van der Waals surface area contributed by atoms with Crippen LogP contribution < -0.4 is 0 Å². The summed E-state index contributed by atoms with van der Waals surface area (Å²) >= 11 is 0. The van der Waals surface area contributed by atoms with E-state index in [9.17, 15) is 5.11 Å². The summed E-state index contributed by atoms with van der Waals surface area (Å²) in [7, 11) is 1.94. The molecule has 21 heavy (non-hydrogen) atoms. The molecule has 0 saturated carbocycles. The molecule has 0 aliphatic heterocycles. The summed E-state index contributed by atoms with van der Waals surface area (Å²) in [6.45, 7) is 6.38. The molecule has 1 atom stereocenters. The summed E-state index contributed by atoms with van der Waals surface area (Å²) in [6, 6.07) is 10.4. The molecule has 0 aliphatic rings. The van der Waals surface area contributed by atoms with Gasteiger partial charge in [-0.15, -0.1) is 0 Å². The Morgan fingerprint density at radius 1 is 1.24 bits per heavy atom. The van der Waals surface area contributed by atoms with Gasteiger partial charge in [0, 0.05) is 38.4 Å². The normalized spacial score (nSPS) is 12.8. The van der Waals surface area contributed by atoms with E-state index in [0.29, 0.717) is 6.54 Å². The topological polar surface area (TPSA) is 41.3 Å². The fraction of sp³-hybridized carbons (Fsp3) is 0.471. The lowest BCUT2D eigenvalue weighted by Gasteiger charge is -2.24. The molecule has 4 heteroatoms. The Labute approximate surface area is 127 Å². The molecular weight excluding hydrogens is 262 g/mol. The van der Waals surface area contributed by atoms with Crippen molar-refractivity contribution in [2.75, 3.05) is 6.54 Å². The van der Waals surface area contributed by atoms with Crippen LogP contribution in [0.3, 0.4) is 0 Å². The second kappa shape index (κ2) is 7.38. The zero-order valence-electron chi connectivity index (χ0n) is 13.2. The van der Waals surface area contributed by atoms with Gasteiger partial charge >= 0.3 is 0 Å². The molecule has 114 valence electrons. The number of nitrogens with zero attached hydrogens (tertiary/aromatic N) is 3. The van der Waals surface area contributed by atoms with Crippen molar-refractivity contribution in [3.63, 3.8) is 0 Å². The van der Waals surface area contributed by atoms with Crippen molar-refractivity contribution in [3.05, 3.63) is 53.3 Å². The number of hydrogen-bond donors (Lipinski definition) is 1. The van der Waals surface area contributed by atoms with Crippen molar-refractivity contribution in [3.8, 4) is 0 Å². The van der Waals surface area contributed by atoms with Crippen LogP contribution in [0.25, 0.3) is 0 Å². The van der Waals surface area contributed by atoms with Crippen molar-refractivity contribution in [1.82, 2.24) is 14.7 Å². The van der Waals surface area contributed by atoms with Crippen molar-refractivity contribution in [2.24, 2.45) is 7.05 Å². The second-order valence-corrected chi connectivity index (χ2v) is 5.63. The Kier molecular flexibility index (Phi) is 5.53. The van der Waals surface area contributed by atoms with Gasteiger partial charge in [-0.25, -0.2) is 0 Å². The van der Waals surface area contributed by atoms with E-state index in [-0.39, 0.29) is 6.10 Å². The lowest BCUT2D eigenvalue weighted by atomic mass is 10.1. The third kappa shape index (κ3) is 4.69.